The van der Waals surface area contributed by atoms with Crippen molar-refractivity contribution in [1.29, 1.82) is 0 Å². The molecular formula is C12H13BrN4O3S. The Labute approximate surface area is 130 Å². The SMILES string of the molecule is Cc1ccc(C(=O)Nc2ncnn2C)c(Br)c1S(C)(=O)=O. The quantitative estimate of drug-likeness (QED) is 0.881. The maximum absolute atomic E-state index is 12.3. The second kappa shape index (κ2) is 5.57. The fourth-order valence-corrected chi connectivity index (χ4v) is 4.46. The third-order valence-corrected chi connectivity index (χ3v) is 5.20. The van der Waals surface area contributed by atoms with Crippen LogP contribution in [0.3, 0.4) is 0 Å². The molecule has 7 nitrogen and oxygen atoms in total. The minimum atomic E-state index is -3.45. The number of anilines is 1. The van der Waals surface area contributed by atoms with Gasteiger partial charge in [-0.25, -0.2) is 13.1 Å². The molecule has 0 fully saturated rings. The van der Waals surface area contributed by atoms with Crippen molar-refractivity contribution >= 4 is 37.6 Å². The molecule has 2 rings (SSSR count). The monoisotopic (exact) mass is 372 g/mol. The molecule has 0 saturated heterocycles. The van der Waals surface area contributed by atoms with Crippen LogP contribution in [-0.4, -0.2) is 35.3 Å². The number of carbonyl (C=O) groups excluding carboxylic acids is 1. The Hall–Kier alpha value is -1.74. The number of hydrogen-bond donors (Lipinski definition) is 1. The Kier molecular flexibility index (Phi) is 4.15. The lowest BCUT2D eigenvalue weighted by Gasteiger charge is -2.11. The lowest BCUT2D eigenvalue weighted by atomic mass is 10.1. The number of halogens is 1. The van der Waals surface area contributed by atoms with Gasteiger partial charge in [-0.05, 0) is 34.5 Å². The summed E-state index contributed by atoms with van der Waals surface area (Å²) in [4.78, 5) is 16.2. The van der Waals surface area contributed by atoms with Gasteiger partial charge in [-0.15, -0.1) is 0 Å². The average Bonchev–Trinajstić information content (AvgIpc) is 2.73. The average molecular weight is 373 g/mol. The molecule has 0 bridgehead atoms. The third-order valence-electron chi connectivity index (χ3n) is 2.85. The second-order valence-corrected chi connectivity index (χ2v) is 7.25. The van der Waals surface area contributed by atoms with Gasteiger partial charge in [0.15, 0.2) is 9.84 Å². The van der Waals surface area contributed by atoms with Crippen molar-refractivity contribution in [3.05, 3.63) is 34.1 Å². The smallest absolute Gasteiger partial charge is 0.259 e. The van der Waals surface area contributed by atoms with Crippen molar-refractivity contribution in [1.82, 2.24) is 14.8 Å². The van der Waals surface area contributed by atoms with E-state index in [1.807, 2.05) is 0 Å². The molecule has 1 heterocycles. The van der Waals surface area contributed by atoms with E-state index in [2.05, 4.69) is 31.3 Å². The first-order valence-corrected chi connectivity index (χ1v) is 8.54. The predicted molar refractivity (Wildman–Crippen MR) is 80.9 cm³/mol. The highest BCUT2D eigenvalue weighted by atomic mass is 79.9. The molecule has 1 N–H and O–H groups in total. The molecule has 112 valence electrons. The van der Waals surface area contributed by atoms with Gasteiger partial charge in [-0.2, -0.15) is 10.1 Å². The van der Waals surface area contributed by atoms with E-state index in [4.69, 9.17) is 0 Å². The second-order valence-electron chi connectivity index (χ2n) is 4.51. The normalized spacial score (nSPS) is 11.4. The summed E-state index contributed by atoms with van der Waals surface area (Å²) in [5.74, 6) is -0.198. The zero-order valence-corrected chi connectivity index (χ0v) is 14.0. The largest absolute Gasteiger partial charge is 0.291 e. The van der Waals surface area contributed by atoms with Crippen LogP contribution in [0.25, 0.3) is 0 Å². The van der Waals surface area contributed by atoms with Crippen LogP contribution in [0.4, 0.5) is 5.95 Å². The molecule has 0 aliphatic carbocycles. The van der Waals surface area contributed by atoms with Crippen LogP contribution in [0.2, 0.25) is 0 Å². The van der Waals surface area contributed by atoms with Crippen LogP contribution in [0.1, 0.15) is 15.9 Å². The van der Waals surface area contributed by atoms with Gasteiger partial charge in [-0.1, -0.05) is 6.07 Å². The summed E-state index contributed by atoms with van der Waals surface area (Å²) in [6.07, 6.45) is 2.41. The summed E-state index contributed by atoms with van der Waals surface area (Å²) in [6.45, 7) is 1.67. The zero-order chi connectivity index (χ0) is 15.8. The molecule has 0 saturated carbocycles. The maximum Gasteiger partial charge on any atom is 0.259 e. The first-order valence-electron chi connectivity index (χ1n) is 5.86. The fraction of sp³-hybridized carbons (Fsp3) is 0.250. The summed E-state index contributed by atoms with van der Waals surface area (Å²) in [6, 6.07) is 3.15. The molecule has 9 heteroatoms. The Morgan fingerprint density at radius 3 is 2.57 bits per heavy atom. The van der Waals surface area contributed by atoms with E-state index in [9.17, 15) is 13.2 Å². The first kappa shape index (κ1) is 15.6. The number of hydrogen-bond acceptors (Lipinski definition) is 5. The Morgan fingerprint density at radius 2 is 2.05 bits per heavy atom. The van der Waals surface area contributed by atoms with Crippen molar-refractivity contribution in [2.75, 3.05) is 11.6 Å². The van der Waals surface area contributed by atoms with Gasteiger partial charge in [0.05, 0.1) is 10.5 Å². The van der Waals surface area contributed by atoms with Gasteiger partial charge in [0.25, 0.3) is 5.91 Å². The molecule has 0 spiro atoms. The van der Waals surface area contributed by atoms with E-state index in [1.54, 1.807) is 26.1 Å². The lowest BCUT2D eigenvalue weighted by molar-refractivity contribution is 0.102. The number of aromatic nitrogens is 3. The highest BCUT2D eigenvalue weighted by molar-refractivity contribution is 9.10. The molecule has 0 atom stereocenters. The number of rotatable bonds is 3. The molecule has 0 aliphatic heterocycles. The van der Waals surface area contributed by atoms with Crippen LogP contribution in [-0.2, 0) is 16.9 Å². The molecular weight excluding hydrogens is 360 g/mol. The summed E-state index contributed by atoms with van der Waals surface area (Å²) in [5, 5.41) is 6.41. The van der Waals surface area contributed by atoms with Crippen molar-refractivity contribution in [3.8, 4) is 0 Å². The molecule has 0 aliphatic rings. The lowest BCUT2D eigenvalue weighted by Crippen LogP contribution is -2.17. The summed E-state index contributed by atoms with van der Waals surface area (Å²) < 4.78 is 25.3. The summed E-state index contributed by atoms with van der Waals surface area (Å²) >= 11 is 3.21. The van der Waals surface area contributed by atoms with Gasteiger partial charge in [-0.3, -0.25) is 10.1 Å². The number of benzene rings is 1. The number of aryl methyl sites for hydroxylation is 2. The van der Waals surface area contributed by atoms with Crippen LogP contribution in [0.5, 0.6) is 0 Å². The molecule has 1 aromatic carbocycles. The minimum absolute atomic E-state index is 0.105. The highest BCUT2D eigenvalue weighted by Gasteiger charge is 2.21. The summed E-state index contributed by atoms with van der Waals surface area (Å²) in [5.41, 5.74) is 0.781. The summed E-state index contributed by atoms with van der Waals surface area (Å²) in [7, 11) is -1.82. The Balaban J connectivity index is 2.46. The molecule has 1 amide bonds. The maximum atomic E-state index is 12.3. The van der Waals surface area contributed by atoms with Crippen molar-refractivity contribution in [3.63, 3.8) is 0 Å². The van der Waals surface area contributed by atoms with Crippen LogP contribution in [0.15, 0.2) is 27.8 Å². The van der Waals surface area contributed by atoms with E-state index in [0.717, 1.165) is 6.26 Å². The number of amides is 1. The molecule has 21 heavy (non-hydrogen) atoms. The van der Waals surface area contributed by atoms with Gasteiger partial charge in [0.1, 0.15) is 6.33 Å². The van der Waals surface area contributed by atoms with Gasteiger partial charge in [0, 0.05) is 17.8 Å². The number of nitrogens with zero attached hydrogens (tertiary/aromatic N) is 3. The van der Waals surface area contributed by atoms with Crippen LogP contribution < -0.4 is 5.32 Å². The van der Waals surface area contributed by atoms with E-state index in [1.165, 1.54) is 11.0 Å². The fourth-order valence-electron chi connectivity index (χ4n) is 1.86. The van der Waals surface area contributed by atoms with Crippen molar-refractivity contribution in [2.24, 2.45) is 7.05 Å². The number of nitrogens with one attached hydrogen (secondary N) is 1. The van der Waals surface area contributed by atoms with E-state index in [0.29, 0.717) is 5.56 Å². The van der Waals surface area contributed by atoms with Crippen molar-refractivity contribution < 1.29 is 13.2 Å². The van der Waals surface area contributed by atoms with Crippen LogP contribution >= 0.6 is 15.9 Å². The van der Waals surface area contributed by atoms with Gasteiger partial charge >= 0.3 is 0 Å². The van der Waals surface area contributed by atoms with E-state index < -0.39 is 15.7 Å². The molecule has 0 unspecified atom stereocenters. The molecule has 1 aromatic heterocycles. The number of sulfone groups is 1. The molecule has 2 aromatic rings. The zero-order valence-electron chi connectivity index (χ0n) is 11.6. The Bertz CT molecular complexity index is 814. The predicted octanol–water partition coefficient (Wildman–Crippen LogP) is 1.54. The van der Waals surface area contributed by atoms with Gasteiger partial charge < -0.3 is 0 Å². The third kappa shape index (κ3) is 3.13. The van der Waals surface area contributed by atoms with E-state index >= 15 is 0 Å². The van der Waals surface area contributed by atoms with Crippen LogP contribution in [0, 0.1) is 6.92 Å². The highest BCUT2D eigenvalue weighted by Crippen LogP contribution is 2.29. The van der Waals surface area contributed by atoms with Gasteiger partial charge in [0.2, 0.25) is 5.95 Å². The topological polar surface area (TPSA) is 93.9 Å². The first-order chi connectivity index (χ1) is 9.71. The minimum Gasteiger partial charge on any atom is -0.291 e. The number of carbonyl (C=O) groups is 1. The Morgan fingerprint density at radius 1 is 1.38 bits per heavy atom. The van der Waals surface area contributed by atoms with E-state index in [-0.39, 0.29) is 20.9 Å². The molecule has 0 radical (unpaired) electrons. The standard InChI is InChI=1S/C12H13BrN4O3S/c1-7-4-5-8(9(13)10(7)21(3,19)20)11(18)16-12-14-6-15-17(12)2/h4-6H,1-3H3,(H,14,15,16,18). The van der Waals surface area contributed by atoms with Crippen molar-refractivity contribution in [2.45, 2.75) is 11.8 Å².